The Kier molecular flexibility index (Phi) is 5.32. The van der Waals surface area contributed by atoms with Crippen molar-refractivity contribution >= 4 is 6.03 Å². The van der Waals surface area contributed by atoms with Gasteiger partial charge in [-0.25, -0.2) is 4.79 Å². The lowest BCUT2D eigenvalue weighted by molar-refractivity contribution is 0.0777. The van der Waals surface area contributed by atoms with Crippen molar-refractivity contribution in [2.45, 2.75) is 32.0 Å². The van der Waals surface area contributed by atoms with E-state index in [2.05, 4.69) is 5.32 Å². The normalized spacial score (nSPS) is 17.1. The molecule has 0 saturated carbocycles. The van der Waals surface area contributed by atoms with E-state index in [4.69, 9.17) is 9.15 Å². The number of carbonyl (C=O) groups excluding carboxylic acids is 1. The van der Waals surface area contributed by atoms with Crippen LogP contribution in [-0.4, -0.2) is 30.2 Å². The highest BCUT2D eigenvalue weighted by Gasteiger charge is 2.23. The average molecular weight is 314 g/mol. The van der Waals surface area contributed by atoms with E-state index in [1.807, 2.05) is 42.5 Å². The third-order valence-electron chi connectivity index (χ3n) is 3.95. The van der Waals surface area contributed by atoms with Crippen molar-refractivity contribution in [1.29, 1.82) is 0 Å². The first-order chi connectivity index (χ1) is 11.3. The van der Waals surface area contributed by atoms with Crippen LogP contribution in [0.3, 0.4) is 0 Å². The summed E-state index contributed by atoms with van der Waals surface area (Å²) in [6.07, 6.45) is 3.81. The minimum atomic E-state index is -0.0965. The first kappa shape index (κ1) is 15.6. The Balaban J connectivity index is 1.59. The highest BCUT2D eigenvalue weighted by molar-refractivity contribution is 5.74. The van der Waals surface area contributed by atoms with Crippen molar-refractivity contribution < 1.29 is 13.9 Å². The van der Waals surface area contributed by atoms with Gasteiger partial charge in [0.1, 0.15) is 5.76 Å². The predicted molar refractivity (Wildman–Crippen MR) is 86.8 cm³/mol. The van der Waals surface area contributed by atoms with Crippen LogP contribution >= 0.6 is 0 Å². The van der Waals surface area contributed by atoms with Crippen LogP contribution in [0.1, 0.15) is 24.2 Å². The van der Waals surface area contributed by atoms with Gasteiger partial charge in [-0.3, -0.25) is 0 Å². The molecule has 2 heterocycles. The van der Waals surface area contributed by atoms with Gasteiger partial charge in [-0.1, -0.05) is 30.3 Å². The highest BCUT2D eigenvalue weighted by atomic mass is 16.5. The molecule has 1 saturated heterocycles. The Morgan fingerprint density at radius 2 is 2.09 bits per heavy atom. The van der Waals surface area contributed by atoms with Crippen LogP contribution in [-0.2, 0) is 17.8 Å². The maximum atomic E-state index is 12.5. The smallest absolute Gasteiger partial charge is 0.318 e. The Morgan fingerprint density at radius 1 is 1.22 bits per heavy atom. The molecular weight excluding hydrogens is 292 g/mol. The van der Waals surface area contributed by atoms with Gasteiger partial charge in [0.25, 0.3) is 0 Å². The molecule has 0 spiro atoms. The largest absolute Gasteiger partial charge is 0.467 e. The van der Waals surface area contributed by atoms with E-state index in [-0.39, 0.29) is 12.1 Å². The zero-order valence-corrected chi connectivity index (χ0v) is 13.1. The summed E-state index contributed by atoms with van der Waals surface area (Å²) in [5.41, 5.74) is 1.08. The number of furan rings is 1. The van der Waals surface area contributed by atoms with Gasteiger partial charge >= 0.3 is 6.03 Å². The van der Waals surface area contributed by atoms with Gasteiger partial charge in [0.2, 0.25) is 0 Å². The van der Waals surface area contributed by atoms with Gasteiger partial charge in [0.05, 0.1) is 18.9 Å². The number of ether oxygens (including phenoxy) is 1. The Bertz CT molecular complexity index is 592. The van der Waals surface area contributed by atoms with Crippen LogP contribution in [0, 0.1) is 0 Å². The minimum Gasteiger partial charge on any atom is -0.467 e. The molecule has 2 aromatic rings. The van der Waals surface area contributed by atoms with Crippen molar-refractivity contribution in [1.82, 2.24) is 10.2 Å². The molecule has 0 aliphatic carbocycles. The van der Waals surface area contributed by atoms with Crippen LogP contribution in [0.2, 0.25) is 0 Å². The molecule has 5 heteroatoms. The number of nitrogens with zero attached hydrogens (tertiary/aromatic N) is 1. The molecule has 122 valence electrons. The third kappa shape index (κ3) is 4.60. The third-order valence-corrected chi connectivity index (χ3v) is 3.95. The molecule has 0 radical (unpaired) electrons. The summed E-state index contributed by atoms with van der Waals surface area (Å²) in [5, 5.41) is 2.98. The van der Waals surface area contributed by atoms with E-state index in [1.54, 1.807) is 11.2 Å². The molecule has 23 heavy (non-hydrogen) atoms. The Hall–Kier alpha value is -2.27. The van der Waals surface area contributed by atoms with E-state index >= 15 is 0 Å². The molecule has 1 unspecified atom stereocenters. The fraction of sp³-hybridized carbons (Fsp3) is 0.389. The molecule has 1 aliphatic rings. The van der Waals surface area contributed by atoms with E-state index in [9.17, 15) is 4.79 Å². The van der Waals surface area contributed by atoms with E-state index in [0.29, 0.717) is 19.6 Å². The second-order valence-corrected chi connectivity index (χ2v) is 5.74. The molecule has 0 bridgehead atoms. The van der Waals surface area contributed by atoms with Crippen LogP contribution in [0.4, 0.5) is 4.79 Å². The number of benzene rings is 1. The van der Waals surface area contributed by atoms with Crippen molar-refractivity contribution in [2.75, 3.05) is 13.2 Å². The van der Waals surface area contributed by atoms with Crippen molar-refractivity contribution in [2.24, 2.45) is 0 Å². The number of carbonyl (C=O) groups is 1. The lowest BCUT2D eigenvalue weighted by Gasteiger charge is -2.25. The summed E-state index contributed by atoms with van der Waals surface area (Å²) in [7, 11) is 0. The number of hydrogen-bond donors (Lipinski definition) is 1. The molecule has 1 aliphatic heterocycles. The van der Waals surface area contributed by atoms with Gasteiger partial charge in [-0.2, -0.15) is 0 Å². The monoisotopic (exact) mass is 314 g/mol. The van der Waals surface area contributed by atoms with Gasteiger partial charge < -0.3 is 19.4 Å². The second kappa shape index (κ2) is 7.83. The van der Waals surface area contributed by atoms with Crippen LogP contribution in [0.15, 0.2) is 53.1 Å². The standard InChI is InChI=1S/C18H22N2O3/c21-18(19-12-15-6-2-1-3-7-15)20(13-16-8-4-10-22-16)14-17-9-5-11-23-17/h1-4,6-8,10,17H,5,9,11-14H2,(H,19,21). The van der Waals surface area contributed by atoms with E-state index < -0.39 is 0 Å². The summed E-state index contributed by atoms with van der Waals surface area (Å²) in [6, 6.07) is 13.5. The number of urea groups is 1. The SMILES string of the molecule is O=C(NCc1ccccc1)N(Cc1ccco1)CC1CCCO1. The summed E-state index contributed by atoms with van der Waals surface area (Å²) in [4.78, 5) is 14.3. The average Bonchev–Trinajstić information content (AvgIpc) is 3.27. The molecule has 5 nitrogen and oxygen atoms in total. The lowest BCUT2D eigenvalue weighted by Crippen LogP contribution is -2.43. The van der Waals surface area contributed by atoms with Gasteiger partial charge in [-0.05, 0) is 30.5 Å². The quantitative estimate of drug-likeness (QED) is 0.891. The molecule has 1 aromatic carbocycles. The van der Waals surface area contributed by atoms with Gasteiger partial charge in [0.15, 0.2) is 0 Å². The maximum Gasteiger partial charge on any atom is 0.318 e. The molecule has 1 N–H and O–H groups in total. The molecule has 3 rings (SSSR count). The van der Waals surface area contributed by atoms with Crippen molar-refractivity contribution in [3.8, 4) is 0 Å². The van der Waals surface area contributed by atoms with Crippen LogP contribution in [0.25, 0.3) is 0 Å². The van der Waals surface area contributed by atoms with Crippen molar-refractivity contribution in [3.05, 3.63) is 60.1 Å². The first-order valence-electron chi connectivity index (χ1n) is 8.02. The van der Waals surface area contributed by atoms with E-state index in [1.165, 1.54) is 0 Å². The summed E-state index contributed by atoms with van der Waals surface area (Å²) in [6.45, 7) is 2.33. The fourth-order valence-electron chi connectivity index (χ4n) is 2.73. The number of amides is 2. The van der Waals surface area contributed by atoms with Gasteiger partial charge in [-0.15, -0.1) is 0 Å². The second-order valence-electron chi connectivity index (χ2n) is 5.74. The predicted octanol–water partition coefficient (Wildman–Crippen LogP) is 3.17. The van der Waals surface area contributed by atoms with Gasteiger partial charge in [0, 0.05) is 19.7 Å². The van der Waals surface area contributed by atoms with Crippen LogP contribution in [0.5, 0.6) is 0 Å². The van der Waals surface area contributed by atoms with Crippen molar-refractivity contribution in [3.63, 3.8) is 0 Å². The molecule has 1 fully saturated rings. The van der Waals surface area contributed by atoms with Crippen LogP contribution < -0.4 is 5.32 Å². The summed E-state index contributed by atoms with van der Waals surface area (Å²) in [5.74, 6) is 0.776. The number of rotatable bonds is 6. The zero-order chi connectivity index (χ0) is 15.9. The molecule has 1 atom stereocenters. The summed E-state index contributed by atoms with van der Waals surface area (Å²) >= 11 is 0. The topological polar surface area (TPSA) is 54.7 Å². The zero-order valence-electron chi connectivity index (χ0n) is 13.1. The lowest BCUT2D eigenvalue weighted by atomic mass is 10.2. The molecule has 1 aromatic heterocycles. The summed E-state index contributed by atoms with van der Waals surface area (Å²) < 4.78 is 11.0. The molecule has 2 amide bonds. The number of nitrogens with one attached hydrogen (secondary N) is 1. The van der Waals surface area contributed by atoms with E-state index in [0.717, 1.165) is 30.8 Å². The fourth-order valence-corrected chi connectivity index (χ4v) is 2.73. The number of hydrogen-bond acceptors (Lipinski definition) is 3. The first-order valence-corrected chi connectivity index (χ1v) is 8.02. The Morgan fingerprint density at radius 3 is 2.78 bits per heavy atom. The Labute approximate surface area is 136 Å². The minimum absolute atomic E-state index is 0.0965. The highest BCUT2D eigenvalue weighted by Crippen LogP contribution is 2.15. The maximum absolute atomic E-state index is 12.5. The molecular formula is C18H22N2O3.